The molecule has 1 aliphatic rings. The van der Waals surface area contributed by atoms with E-state index < -0.39 is 23.5 Å². The number of Topliss-reactive ketones (excluding diaryl/α,β-unsaturated/α-hetero) is 1. The number of amides is 1. The molecular weight excluding hydrogens is 398 g/mol. The number of hydrogen-bond acceptors (Lipinski definition) is 6. The summed E-state index contributed by atoms with van der Waals surface area (Å²) in [7, 11) is 1.43. The number of ketones is 1. The number of hydrogen-bond donors (Lipinski definition) is 3. The summed E-state index contributed by atoms with van der Waals surface area (Å²) < 4.78 is 5.29. The van der Waals surface area contributed by atoms with E-state index >= 15 is 0 Å². The lowest BCUT2D eigenvalue weighted by Gasteiger charge is -2.26. The number of rotatable bonds is 4. The van der Waals surface area contributed by atoms with Crippen LogP contribution < -0.4 is 9.64 Å². The molecule has 0 spiro atoms. The molecule has 1 atom stereocenters. The lowest BCUT2D eigenvalue weighted by atomic mass is 9.94. The molecule has 0 aliphatic carbocycles. The average Bonchev–Trinajstić information content (AvgIpc) is 3.04. The summed E-state index contributed by atoms with van der Waals surface area (Å²) in [4.78, 5) is 27.3. The fraction of sp³-hybridized carbons (Fsp3) is 0.0833. The molecular formula is C24H19NO6. The average molecular weight is 417 g/mol. The van der Waals surface area contributed by atoms with Gasteiger partial charge in [0.2, 0.25) is 0 Å². The van der Waals surface area contributed by atoms with Crippen molar-refractivity contribution in [3.8, 4) is 17.2 Å². The minimum absolute atomic E-state index is 0.0716. The molecule has 1 saturated heterocycles. The molecule has 1 aliphatic heterocycles. The molecule has 1 heterocycles. The second-order valence-electron chi connectivity index (χ2n) is 6.95. The van der Waals surface area contributed by atoms with E-state index in [1.807, 2.05) is 0 Å². The van der Waals surface area contributed by atoms with Crippen molar-refractivity contribution in [2.75, 3.05) is 12.0 Å². The Bertz CT molecular complexity index is 1220. The molecule has 3 N–H and O–H groups in total. The standard InChI is InChI=1S/C24H19NO6/c1-31-19-12-5-2-9-16(19)22(28)20-21(14-7-6-8-15(26)13-14)25(24(30)23(20)29)17-10-3-4-11-18(17)27/h2-13,21,26-28H,1H3/b22-20-. The van der Waals surface area contributed by atoms with Crippen LogP contribution in [0.5, 0.6) is 17.2 Å². The predicted octanol–water partition coefficient (Wildman–Crippen LogP) is 3.73. The number of aliphatic hydroxyl groups excluding tert-OH is 1. The topological polar surface area (TPSA) is 107 Å². The quantitative estimate of drug-likeness (QED) is 0.339. The first-order valence-corrected chi connectivity index (χ1v) is 9.45. The third-order valence-electron chi connectivity index (χ3n) is 5.13. The van der Waals surface area contributed by atoms with Gasteiger partial charge in [0.25, 0.3) is 11.7 Å². The number of methoxy groups -OCH3 is 1. The van der Waals surface area contributed by atoms with Crippen LogP contribution in [0.2, 0.25) is 0 Å². The third kappa shape index (κ3) is 3.36. The van der Waals surface area contributed by atoms with Gasteiger partial charge in [-0.15, -0.1) is 0 Å². The van der Waals surface area contributed by atoms with Gasteiger partial charge in [0.15, 0.2) is 0 Å². The van der Waals surface area contributed by atoms with Crippen LogP contribution in [0.1, 0.15) is 17.2 Å². The molecule has 31 heavy (non-hydrogen) atoms. The molecule has 156 valence electrons. The fourth-order valence-corrected chi connectivity index (χ4v) is 3.74. The van der Waals surface area contributed by atoms with Crippen molar-refractivity contribution < 1.29 is 29.6 Å². The lowest BCUT2D eigenvalue weighted by molar-refractivity contribution is -0.132. The number of aromatic hydroxyl groups is 2. The molecule has 7 nitrogen and oxygen atoms in total. The van der Waals surface area contributed by atoms with E-state index in [1.54, 1.807) is 48.5 Å². The molecule has 1 amide bonds. The van der Waals surface area contributed by atoms with Gasteiger partial charge in [-0.05, 0) is 42.0 Å². The molecule has 7 heteroatoms. The van der Waals surface area contributed by atoms with Crippen molar-refractivity contribution in [2.45, 2.75) is 6.04 Å². The maximum absolute atomic E-state index is 13.1. The Labute approximate surface area is 178 Å². The van der Waals surface area contributed by atoms with Crippen LogP contribution in [-0.4, -0.2) is 34.1 Å². The van der Waals surface area contributed by atoms with Gasteiger partial charge in [-0.25, -0.2) is 0 Å². The first-order valence-electron chi connectivity index (χ1n) is 9.45. The molecule has 3 aromatic rings. The fourth-order valence-electron chi connectivity index (χ4n) is 3.74. The minimum atomic E-state index is -1.08. The van der Waals surface area contributed by atoms with Crippen molar-refractivity contribution in [1.29, 1.82) is 0 Å². The van der Waals surface area contributed by atoms with E-state index in [2.05, 4.69) is 0 Å². The van der Waals surface area contributed by atoms with E-state index in [1.165, 1.54) is 31.4 Å². The van der Waals surface area contributed by atoms with Crippen LogP contribution in [0, 0.1) is 0 Å². The zero-order chi connectivity index (χ0) is 22.1. The predicted molar refractivity (Wildman–Crippen MR) is 114 cm³/mol. The van der Waals surface area contributed by atoms with Crippen LogP contribution >= 0.6 is 0 Å². The number of ether oxygens (including phenoxy) is 1. The van der Waals surface area contributed by atoms with Crippen molar-refractivity contribution in [2.24, 2.45) is 0 Å². The van der Waals surface area contributed by atoms with E-state index in [0.29, 0.717) is 11.3 Å². The Kier molecular flexibility index (Phi) is 5.09. The molecule has 3 aromatic carbocycles. The highest BCUT2D eigenvalue weighted by Crippen LogP contribution is 2.45. The number of carbonyl (C=O) groups is 2. The molecule has 1 unspecified atom stereocenters. The smallest absolute Gasteiger partial charge is 0.300 e. The maximum Gasteiger partial charge on any atom is 0.300 e. The van der Waals surface area contributed by atoms with E-state index in [4.69, 9.17) is 4.74 Å². The van der Waals surface area contributed by atoms with Gasteiger partial charge in [-0.2, -0.15) is 0 Å². The van der Waals surface area contributed by atoms with E-state index in [0.717, 1.165) is 4.90 Å². The number of aliphatic hydroxyl groups is 1. The van der Waals surface area contributed by atoms with Crippen LogP contribution in [0.4, 0.5) is 5.69 Å². The number of phenolic OH excluding ortho intramolecular Hbond substituents is 2. The SMILES string of the molecule is COc1ccccc1/C(O)=C1/C(=O)C(=O)N(c2ccccc2O)C1c1cccc(O)c1. The second-order valence-corrected chi connectivity index (χ2v) is 6.95. The van der Waals surface area contributed by atoms with Crippen molar-refractivity contribution in [3.05, 3.63) is 89.5 Å². The normalized spacial score (nSPS) is 17.7. The van der Waals surface area contributed by atoms with Gasteiger partial charge in [0, 0.05) is 0 Å². The summed E-state index contributed by atoms with van der Waals surface area (Å²) in [6.07, 6.45) is 0. The number of anilines is 1. The molecule has 0 saturated carbocycles. The largest absolute Gasteiger partial charge is 0.508 e. The van der Waals surface area contributed by atoms with Gasteiger partial charge in [-0.3, -0.25) is 14.5 Å². The molecule has 0 bridgehead atoms. The molecule has 0 aromatic heterocycles. The van der Waals surface area contributed by atoms with Gasteiger partial charge < -0.3 is 20.1 Å². The van der Waals surface area contributed by atoms with Crippen molar-refractivity contribution in [1.82, 2.24) is 0 Å². The van der Waals surface area contributed by atoms with Crippen LogP contribution in [0.15, 0.2) is 78.4 Å². The maximum atomic E-state index is 13.1. The third-order valence-corrected chi connectivity index (χ3v) is 5.13. The Morgan fingerprint density at radius 1 is 0.935 bits per heavy atom. The molecule has 1 fully saturated rings. The van der Waals surface area contributed by atoms with E-state index in [9.17, 15) is 24.9 Å². The summed E-state index contributed by atoms with van der Waals surface area (Å²) in [6.45, 7) is 0. The Hall–Kier alpha value is -4.26. The summed E-state index contributed by atoms with van der Waals surface area (Å²) >= 11 is 0. The van der Waals surface area contributed by atoms with Crippen LogP contribution in [0.25, 0.3) is 5.76 Å². The number of para-hydroxylation sites is 3. The lowest BCUT2D eigenvalue weighted by Crippen LogP contribution is -2.29. The summed E-state index contributed by atoms with van der Waals surface area (Å²) in [5, 5.41) is 31.5. The van der Waals surface area contributed by atoms with Crippen LogP contribution in [-0.2, 0) is 9.59 Å². The Balaban J connectivity index is 2.01. The van der Waals surface area contributed by atoms with Crippen LogP contribution in [0.3, 0.4) is 0 Å². The van der Waals surface area contributed by atoms with Gasteiger partial charge in [0.05, 0.1) is 30.0 Å². The highest BCUT2D eigenvalue weighted by molar-refractivity contribution is 6.52. The monoisotopic (exact) mass is 417 g/mol. The highest BCUT2D eigenvalue weighted by Gasteiger charge is 2.48. The van der Waals surface area contributed by atoms with Gasteiger partial charge in [0.1, 0.15) is 23.0 Å². The molecule has 0 radical (unpaired) electrons. The zero-order valence-corrected chi connectivity index (χ0v) is 16.5. The summed E-state index contributed by atoms with van der Waals surface area (Å²) in [6, 6.07) is 17.6. The van der Waals surface area contributed by atoms with Crippen molar-refractivity contribution >= 4 is 23.1 Å². The van der Waals surface area contributed by atoms with E-state index in [-0.39, 0.29) is 28.3 Å². The molecule has 4 rings (SSSR count). The summed E-state index contributed by atoms with van der Waals surface area (Å²) in [5.41, 5.74) is 0.560. The first kappa shape index (κ1) is 20.0. The summed E-state index contributed by atoms with van der Waals surface area (Å²) in [5.74, 6) is -2.19. The highest BCUT2D eigenvalue weighted by atomic mass is 16.5. The number of benzene rings is 3. The number of nitrogens with zero attached hydrogens (tertiary/aromatic N) is 1. The number of phenols is 2. The number of carbonyl (C=O) groups excluding carboxylic acids is 2. The first-order chi connectivity index (χ1) is 14.9. The Morgan fingerprint density at radius 2 is 1.65 bits per heavy atom. The second kappa shape index (κ2) is 7.87. The zero-order valence-electron chi connectivity index (χ0n) is 16.5. The Morgan fingerprint density at radius 3 is 2.35 bits per heavy atom. The van der Waals surface area contributed by atoms with Gasteiger partial charge >= 0.3 is 0 Å². The van der Waals surface area contributed by atoms with Gasteiger partial charge in [-0.1, -0.05) is 36.4 Å². The minimum Gasteiger partial charge on any atom is -0.508 e. The van der Waals surface area contributed by atoms with Crippen molar-refractivity contribution in [3.63, 3.8) is 0 Å².